The maximum Gasteiger partial charge on any atom is 0.345 e. The fraction of sp³-hybridized carbons (Fsp3) is 0.556. The number of hydrogen-bond donors (Lipinski definition) is 2. The van der Waals surface area contributed by atoms with E-state index in [2.05, 4.69) is 31.2 Å². The SMILES string of the molecule is C[C@H](CCCCc1ccccc1)[C@H](O)CC[C@H]1CCC(=O)N1CCCc1ccc(C(=O)O)s1. The van der Waals surface area contributed by atoms with Crippen molar-refractivity contribution in [1.29, 1.82) is 0 Å². The molecule has 0 bridgehead atoms. The van der Waals surface area contributed by atoms with Crippen LogP contribution in [0.3, 0.4) is 0 Å². The largest absolute Gasteiger partial charge is 0.477 e. The molecule has 1 saturated heterocycles. The summed E-state index contributed by atoms with van der Waals surface area (Å²) in [5.41, 5.74) is 1.37. The molecule has 1 aliphatic heterocycles. The number of rotatable bonds is 14. The zero-order valence-corrected chi connectivity index (χ0v) is 20.4. The number of carboxylic acids is 1. The molecule has 6 heteroatoms. The average molecular weight is 472 g/mol. The molecule has 1 aliphatic rings. The van der Waals surface area contributed by atoms with Gasteiger partial charge in [0.2, 0.25) is 5.91 Å². The standard InChI is InChI=1S/C27H37NO4S/c1-20(8-5-6-11-21-9-3-2-4-10-21)24(29)16-13-22-14-18-26(30)28(22)19-7-12-23-15-17-25(33-23)27(31)32/h2-4,9-10,15,17,20,22,24,29H,5-8,11-14,16,18-19H2,1H3,(H,31,32)/t20-,22+,24-/m1/s1. The summed E-state index contributed by atoms with van der Waals surface area (Å²) in [6, 6.07) is 14.3. The number of hydrogen-bond acceptors (Lipinski definition) is 4. The highest BCUT2D eigenvalue weighted by Gasteiger charge is 2.31. The van der Waals surface area contributed by atoms with Gasteiger partial charge in [-0.2, -0.15) is 0 Å². The number of carboxylic acid groups (broad SMARTS) is 1. The van der Waals surface area contributed by atoms with E-state index in [0.717, 1.165) is 62.7 Å². The van der Waals surface area contributed by atoms with Gasteiger partial charge in [-0.25, -0.2) is 4.79 Å². The molecule has 0 spiro atoms. The van der Waals surface area contributed by atoms with Crippen molar-refractivity contribution in [3.8, 4) is 0 Å². The minimum Gasteiger partial charge on any atom is -0.477 e. The van der Waals surface area contributed by atoms with E-state index in [0.29, 0.717) is 17.8 Å². The highest BCUT2D eigenvalue weighted by Crippen LogP contribution is 2.26. The summed E-state index contributed by atoms with van der Waals surface area (Å²) < 4.78 is 0. The molecule has 1 amide bonds. The topological polar surface area (TPSA) is 77.8 Å². The van der Waals surface area contributed by atoms with Crippen molar-refractivity contribution in [2.45, 2.75) is 83.3 Å². The van der Waals surface area contributed by atoms with Gasteiger partial charge in [0.1, 0.15) is 4.88 Å². The number of unbranched alkanes of at least 4 members (excludes halogenated alkanes) is 1. The number of likely N-dealkylation sites (tertiary alicyclic amines) is 1. The summed E-state index contributed by atoms with van der Waals surface area (Å²) >= 11 is 1.31. The van der Waals surface area contributed by atoms with Crippen molar-refractivity contribution in [3.63, 3.8) is 0 Å². The van der Waals surface area contributed by atoms with Gasteiger partial charge in [0.15, 0.2) is 0 Å². The van der Waals surface area contributed by atoms with E-state index >= 15 is 0 Å². The van der Waals surface area contributed by atoms with E-state index in [1.807, 2.05) is 17.0 Å². The fourth-order valence-electron chi connectivity index (χ4n) is 4.73. The number of amides is 1. The Morgan fingerprint density at radius 2 is 1.88 bits per heavy atom. The number of benzene rings is 1. The number of aliphatic hydroxyl groups is 1. The molecule has 1 fully saturated rings. The van der Waals surface area contributed by atoms with Crippen molar-refractivity contribution in [2.24, 2.45) is 5.92 Å². The molecule has 3 rings (SSSR count). The Bertz CT molecular complexity index is 881. The van der Waals surface area contributed by atoms with Crippen LogP contribution in [0.5, 0.6) is 0 Å². The summed E-state index contributed by atoms with van der Waals surface area (Å²) in [5.74, 6) is -0.403. The molecule has 5 nitrogen and oxygen atoms in total. The molecule has 1 aromatic heterocycles. The Kier molecular flexibility index (Phi) is 9.95. The first kappa shape index (κ1) is 25.4. The van der Waals surface area contributed by atoms with Gasteiger partial charge in [0, 0.05) is 23.9 Å². The van der Waals surface area contributed by atoms with Gasteiger partial charge in [0.25, 0.3) is 0 Å². The highest BCUT2D eigenvalue weighted by molar-refractivity contribution is 7.13. The predicted molar refractivity (Wildman–Crippen MR) is 133 cm³/mol. The lowest BCUT2D eigenvalue weighted by atomic mass is 9.92. The zero-order chi connectivity index (χ0) is 23.6. The fourth-order valence-corrected chi connectivity index (χ4v) is 5.62. The molecule has 2 heterocycles. The van der Waals surface area contributed by atoms with Gasteiger partial charge in [-0.05, 0) is 75.0 Å². The molecular weight excluding hydrogens is 434 g/mol. The lowest BCUT2D eigenvalue weighted by Gasteiger charge is -2.27. The minimum absolute atomic E-state index is 0.209. The van der Waals surface area contributed by atoms with Crippen molar-refractivity contribution in [3.05, 3.63) is 57.8 Å². The molecule has 0 saturated carbocycles. The van der Waals surface area contributed by atoms with Gasteiger partial charge in [-0.15, -0.1) is 11.3 Å². The molecule has 2 aromatic rings. The van der Waals surface area contributed by atoms with Gasteiger partial charge >= 0.3 is 5.97 Å². The smallest absolute Gasteiger partial charge is 0.345 e. The molecular formula is C27H37NO4S. The molecule has 0 radical (unpaired) electrons. The van der Waals surface area contributed by atoms with Gasteiger partial charge in [-0.1, -0.05) is 43.7 Å². The van der Waals surface area contributed by atoms with Gasteiger partial charge in [-0.3, -0.25) is 4.79 Å². The van der Waals surface area contributed by atoms with Gasteiger partial charge < -0.3 is 15.1 Å². The second kappa shape index (κ2) is 12.9. The number of carbonyl (C=O) groups is 2. The summed E-state index contributed by atoms with van der Waals surface area (Å²) in [6.07, 6.45) is 8.74. The highest BCUT2D eigenvalue weighted by atomic mass is 32.1. The van der Waals surface area contributed by atoms with E-state index in [-0.39, 0.29) is 24.0 Å². The Hall–Kier alpha value is -2.18. The number of aromatic carboxylic acids is 1. The average Bonchev–Trinajstić information content (AvgIpc) is 3.43. The van der Waals surface area contributed by atoms with E-state index < -0.39 is 5.97 Å². The first-order chi connectivity index (χ1) is 15.9. The van der Waals surface area contributed by atoms with Crippen molar-refractivity contribution in [1.82, 2.24) is 4.90 Å². The molecule has 2 N–H and O–H groups in total. The second-order valence-corrected chi connectivity index (χ2v) is 10.5. The van der Waals surface area contributed by atoms with Crippen LogP contribution in [-0.2, 0) is 17.6 Å². The van der Waals surface area contributed by atoms with E-state index in [1.54, 1.807) is 6.07 Å². The number of aliphatic hydroxyl groups excluding tert-OH is 1. The monoisotopic (exact) mass is 471 g/mol. The van der Waals surface area contributed by atoms with Crippen molar-refractivity contribution in [2.75, 3.05) is 6.54 Å². The van der Waals surface area contributed by atoms with Crippen LogP contribution in [0.25, 0.3) is 0 Å². The van der Waals surface area contributed by atoms with Crippen LogP contribution < -0.4 is 0 Å². The van der Waals surface area contributed by atoms with Crippen LogP contribution in [0.15, 0.2) is 42.5 Å². The van der Waals surface area contributed by atoms with Crippen molar-refractivity contribution < 1.29 is 19.8 Å². The number of nitrogens with zero attached hydrogens (tertiary/aromatic N) is 1. The Labute approximate surface area is 201 Å². The lowest BCUT2D eigenvalue weighted by Crippen LogP contribution is -2.35. The van der Waals surface area contributed by atoms with Crippen LogP contribution in [0, 0.1) is 5.92 Å². The van der Waals surface area contributed by atoms with Crippen LogP contribution >= 0.6 is 11.3 Å². The maximum atomic E-state index is 12.4. The summed E-state index contributed by atoms with van der Waals surface area (Å²) in [5, 5.41) is 19.7. The molecule has 0 unspecified atom stereocenters. The maximum absolute atomic E-state index is 12.4. The quantitative estimate of drug-likeness (QED) is 0.354. The Morgan fingerprint density at radius 1 is 1.09 bits per heavy atom. The predicted octanol–water partition coefficient (Wildman–Crippen LogP) is 5.56. The van der Waals surface area contributed by atoms with Gasteiger partial charge in [0.05, 0.1) is 6.10 Å². The third-order valence-electron chi connectivity index (χ3n) is 6.82. The first-order valence-electron chi connectivity index (χ1n) is 12.3. The number of aryl methyl sites for hydroxylation is 2. The van der Waals surface area contributed by atoms with E-state index in [1.165, 1.54) is 16.9 Å². The lowest BCUT2D eigenvalue weighted by molar-refractivity contribution is -0.129. The summed E-state index contributed by atoms with van der Waals surface area (Å²) in [7, 11) is 0. The summed E-state index contributed by atoms with van der Waals surface area (Å²) in [6.45, 7) is 2.84. The molecule has 180 valence electrons. The van der Waals surface area contributed by atoms with E-state index in [9.17, 15) is 14.7 Å². The zero-order valence-electron chi connectivity index (χ0n) is 19.6. The normalized spacial score (nSPS) is 17.9. The third-order valence-corrected chi connectivity index (χ3v) is 7.95. The van der Waals surface area contributed by atoms with Crippen LogP contribution in [-0.4, -0.2) is 45.7 Å². The Morgan fingerprint density at radius 3 is 2.61 bits per heavy atom. The summed E-state index contributed by atoms with van der Waals surface area (Å²) in [4.78, 5) is 26.8. The molecule has 0 aliphatic carbocycles. The van der Waals surface area contributed by atoms with Crippen LogP contribution in [0.1, 0.15) is 78.4 Å². The molecule has 1 aromatic carbocycles. The second-order valence-electron chi connectivity index (χ2n) is 9.31. The Balaban J connectivity index is 1.34. The number of thiophene rings is 1. The van der Waals surface area contributed by atoms with Crippen LogP contribution in [0.2, 0.25) is 0 Å². The molecule has 33 heavy (non-hydrogen) atoms. The van der Waals surface area contributed by atoms with Crippen LogP contribution in [0.4, 0.5) is 0 Å². The van der Waals surface area contributed by atoms with Crippen molar-refractivity contribution >= 4 is 23.2 Å². The van der Waals surface area contributed by atoms with E-state index in [4.69, 9.17) is 5.11 Å². The molecule has 3 atom stereocenters. The minimum atomic E-state index is -0.884. The third kappa shape index (κ3) is 7.97. The number of carbonyl (C=O) groups excluding carboxylic acids is 1. The first-order valence-corrected chi connectivity index (χ1v) is 13.1.